The van der Waals surface area contributed by atoms with Gasteiger partial charge >= 0.3 is 0 Å². The molecule has 2 aromatic carbocycles. The normalized spacial score (nSPS) is 10.8. The molecule has 0 aliphatic heterocycles. The number of aryl methyl sites for hydroxylation is 1. The molecule has 0 spiro atoms. The summed E-state index contributed by atoms with van der Waals surface area (Å²) in [6, 6.07) is 16.1. The van der Waals surface area contributed by atoms with Crippen LogP contribution in [0.15, 0.2) is 60.9 Å². The summed E-state index contributed by atoms with van der Waals surface area (Å²) >= 11 is 0. The number of hydrogen-bond acceptors (Lipinski definition) is 5. The average Bonchev–Trinajstić information content (AvgIpc) is 2.73. The topological polar surface area (TPSA) is 59.9 Å². The van der Waals surface area contributed by atoms with Crippen LogP contribution < -0.4 is 10.1 Å². The molecule has 0 unspecified atom stereocenters. The lowest BCUT2D eigenvalue weighted by molar-refractivity contribution is 0.415. The fourth-order valence-corrected chi connectivity index (χ4v) is 3.30. The first kappa shape index (κ1) is 17.0. The zero-order chi connectivity index (χ0) is 18.8. The summed E-state index contributed by atoms with van der Waals surface area (Å²) in [6.07, 6.45) is 3.52. The van der Waals surface area contributed by atoms with Crippen LogP contribution in [0.5, 0.6) is 5.75 Å². The van der Waals surface area contributed by atoms with Gasteiger partial charge in [0.25, 0.3) is 0 Å². The van der Waals surface area contributed by atoms with Crippen LogP contribution >= 0.6 is 0 Å². The Hall–Kier alpha value is -3.47. The number of rotatable bonds is 4. The first-order chi connectivity index (χ1) is 13.2. The van der Waals surface area contributed by atoms with Crippen molar-refractivity contribution in [3.63, 3.8) is 0 Å². The van der Waals surface area contributed by atoms with E-state index < -0.39 is 0 Å². The van der Waals surface area contributed by atoms with Crippen LogP contribution in [0.4, 0.5) is 5.82 Å². The van der Waals surface area contributed by atoms with Gasteiger partial charge in [-0.1, -0.05) is 18.2 Å². The predicted octanol–water partition coefficient (Wildman–Crippen LogP) is 4.72. The molecule has 27 heavy (non-hydrogen) atoms. The van der Waals surface area contributed by atoms with Crippen molar-refractivity contribution in [2.24, 2.45) is 0 Å². The van der Waals surface area contributed by atoms with E-state index in [1.165, 1.54) is 0 Å². The number of nitrogens with one attached hydrogen (secondary N) is 1. The molecule has 0 aliphatic carbocycles. The van der Waals surface area contributed by atoms with Crippen molar-refractivity contribution < 1.29 is 4.74 Å². The van der Waals surface area contributed by atoms with E-state index in [-0.39, 0.29) is 0 Å². The molecular weight excluding hydrogens is 336 g/mol. The van der Waals surface area contributed by atoms with Crippen molar-refractivity contribution in [1.82, 2.24) is 15.0 Å². The van der Waals surface area contributed by atoms with Crippen molar-refractivity contribution in [2.45, 2.75) is 6.92 Å². The lowest BCUT2D eigenvalue weighted by Gasteiger charge is -2.14. The Morgan fingerprint density at radius 2 is 1.81 bits per heavy atom. The van der Waals surface area contributed by atoms with E-state index in [4.69, 9.17) is 14.7 Å². The van der Waals surface area contributed by atoms with Gasteiger partial charge in [0.15, 0.2) is 5.82 Å². The zero-order valence-corrected chi connectivity index (χ0v) is 15.5. The number of aromatic nitrogens is 3. The summed E-state index contributed by atoms with van der Waals surface area (Å²) in [5.41, 5.74) is 5.16. The lowest BCUT2D eigenvalue weighted by atomic mass is 9.97. The summed E-state index contributed by atoms with van der Waals surface area (Å²) in [6.45, 7) is 2.10. The second-order valence-corrected chi connectivity index (χ2v) is 6.25. The van der Waals surface area contributed by atoms with E-state index in [0.29, 0.717) is 5.82 Å². The van der Waals surface area contributed by atoms with Crippen LogP contribution in [-0.4, -0.2) is 29.1 Å². The molecule has 0 saturated carbocycles. The number of pyridine rings is 1. The van der Waals surface area contributed by atoms with Gasteiger partial charge < -0.3 is 10.1 Å². The molecule has 0 fully saturated rings. The SMILES string of the molecule is CNc1nc(-c2cccnc2)nc2ccc(-c3cccc(OC)c3)c(C)c12. The Morgan fingerprint density at radius 1 is 0.963 bits per heavy atom. The first-order valence-electron chi connectivity index (χ1n) is 8.75. The Labute approximate surface area is 158 Å². The Morgan fingerprint density at radius 3 is 2.56 bits per heavy atom. The Balaban J connectivity index is 1.92. The third-order valence-electron chi connectivity index (χ3n) is 4.66. The van der Waals surface area contributed by atoms with Crippen molar-refractivity contribution in [3.05, 3.63) is 66.5 Å². The molecule has 0 radical (unpaired) electrons. The number of hydrogen-bond donors (Lipinski definition) is 1. The molecule has 2 heterocycles. The summed E-state index contributed by atoms with van der Waals surface area (Å²) in [5, 5.41) is 4.24. The lowest BCUT2D eigenvalue weighted by Crippen LogP contribution is -2.01. The Kier molecular flexibility index (Phi) is 4.42. The maximum atomic E-state index is 5.37. The van der Waals surface area contributed by atoms with E-state index in [2.05, 4.69) is 29.4 Å². The number of anilines is 1. The average molecular weight is 356 g/mol. The maximum Gasteiger partial charge on any atom is 0.163 e. The van der Waals surface area contributed by atoms with E-state index in [0.717, 1.165) is 44.7 Å². The number of benzene rings is 2. The molecule has 0 bridgehead atoms. The van der Waals surface area contributed by atoms with Crippen LogP contribution in [0.25, 0.3) is 33.4 Å². The fraction of sp³-hybridized carbons (Fsp3) is 0.136. The first-order valence-corrected chi connectivity index (χ1v) is 8.75. The third kappa shape index (κ3) is 3.08. The molecular formula is C22H20N4O. The van der Waals surface area contributed by atoms with Gasteiger partial charge in [0.2, 0.25) is 0 Å². The minimum absolute atomic E-state index is 0.661. The quantitative estimate of drug-likeness (QED) is 0.573. The van der Waals surface area contributed by atoms with Crippen LogP contribution in [0.3, 0.4) is 0 Å². The molecule has 1 N–H and O–H groups in total. The zero-order valence-electron chi connectivity index (χ0n) is 15.5. The molecule has 5 nitrogen and oxygen atoms in total. The van der Waals surface area contributed by atoms with Gasteiger partial charge in [0.1, 0.15) is 11.6 Å². The van der Waals surface area contributed by atoms with Gasteiger partial charge in [-0.05, 0) is 53.9 Å². The fourth-order valence-electron chi connectivity index (χ4n) is 3.30. The molecule has 2 aromatic heterocycles. The highest BCUT2D eigenvalue weighted by molar-refractivity contribution is 5.97. The number of fused-ring (bicyclic) bond motifs is 1. The molecule has 0 saturated heterocycles. The molecule has 0 aliphatic rings. The standard InChI is InChI=1S/C22H20N4O/c1-14-18(15-6-4-8-17(12-15)27-3)9-10-19-20(14)22(23-2)26-21(25-19)16-7-5-11-24-13-16/h4-13H,1-3H3,(H,23,25,26). The summed E-state index contributed by atoms with van der Waals surface area (Å²) < 4.78 is 5.37. The van der Waals surface area contributed by atoms with E-state index in [1.54, 1.807) is 19.5 Å². The molecule has 4 rings (SSSR count). The van der Waals surface area contributed by atoms with Crippen LogP contribution in [0.2, 0.25) is 0 Å². The molecule has 0 atom stereocenters. The second-order valence-electron chi connectivity index (χ2n) is 6.25. The van der Waals surface area contributed by atoms with Crippen LogP contribution in [0, 0.1) is 6.92 Å². The summed E-state index contributed by atoms with van der Waals surface area (Å²) in [5.74, 6) is 2.30. The van der Waals surface area contributed by atoms with Crippen molar-refractivity contribution in [1.29, 1.82) is 0 Å². The van der Waals surface area contributed by atoms with E-state index in [1.807, 2.05) is 43.4 Å². The minimum atomic E-state index is 0.661. The highest BCUT2D eigenvalue weighted by atomic mass is 16.5. The molecule has 0 amide bonds. The van der Waals surface area contributed by atoms with Gasteiger partial charge in [-0.2, -0.15) is 0 Å². The van der Waals surface area contributed by atoms with E-state index in [9.17, 15) is 0 Å². The van der Waals surface area contributed by atoms with Crippen LogP contribution in [-0.2, 0) is 0 Å². The van der Waals surface area contributed by atoms with Gasteiger partial charge in [-0.3, -0.25) is 4.98 Å². The summed E-state index contributed by atoms with van der Waals surface area (Å²) in [4.78, 5) is 13.7. The summed E-state index contributed by atoms with van der Waals surface area (Å²) in [7, 11) is 3.56. The number of ether oxygens (including phenoxy) is 1. The van der Waals surface area contributed by atoms with Gasteiger partial charge in [-0.15, -0.1) is 0 Å². The Bertz CT molecular complexity index is 1110. The van der Waals surface area contributed by atoms with E-state index >= 15 is 0 Å². The molecule has 134 valence electrons. The number of nitrogens with zero attached hydrogens (tertiary/aromatic N) is 3. The second kappa shape index (κ2) is 7.03. The van der Waals surface area contributed by atoms with Crippen LogP contribution in [0.1, 0.15) is 5.56 Å². The number of methoxy groups -OCH3 is 1. The van der Waals surface area contributed by atoms with Gasteiger partial charge in [0, 0.05) is 30.4 Å². The van der Waals surface area contributed by atoms with Crippen molar-refractivity contribution >= 4 is 16.7 Å². The largest absolute Gasteiger partial charge is 0.497 e. The highest BCUT2D eigenvalue weighted by Crippen LogP contribution is 2.34. The maximum absolute atomic E-state index is 5.37. The van der Waals surface area contributed by atoms with Crippen molar-refractivity contribution in [2.75, 3.05) is 19.5 Å². The molecule has 5 heteroatoms. The van der Waals surface area contributed by atoms with Crippen molar-refractivity contribution in [3.8, 4) is 28.3 Å². The monoisotopic (exact) mass is 356 g/mol. The third-order valence-corrected chi connectivity index (χ3v) is 4.66. The smallest absolute Gasteiger partial charge is 0.163 e. The molecule has 4 aromatic rings. The van der Waals surface area contributed by atoms with Gasteiger partial charge in [0.05, 0.1) is 12.6 Å². The van der Waals surface area contributed by atoms with Gasteiger partial charge in [-0.25, -0.2) is 9.97 Å². The highest BCUT2D eigenvalue weighted by Gasteiger charge is 2.14. The minimum Gasteiger partial charge on any atom is -0.497 e. The predicted molar refractivity (Wildman–Crippen MR) is 109 cm³/mol.